The van der Waals surface area contributed by atoms with Crippen molar-refractivity contribution in [1.82, 2.24) is 0 Å². The van der Waals surface area contributed by atoms with Crippen molar-refractivity contribution in [3.05, 3.63) is 48.6 Å². The molecular formula is C13H19Cl. The molecule has 0 aliphatic heterocycles. The summed E-state index contributed by atoms with van der Waals surface area (Å²) in [7, 11) is 0. The van der Waals surface area contributed by atoms with Gasteiger partial charge in [-0.1, -0.05) is 48.6 Å². The Hall–Kier alpha value is -0.750. The first-order valence-electron chi connectivity index (χ1n) is 4.98. The zero-order valence-corrected chi connectivity index (χ0v) is 9.63. The normalized spacial score (nSPS) is 12.1. The Kier molecular flexibility index (Phi) is 9.78. The van der Waals surface area contributed by atoms with Crippen molar-refractivity contribution >= 4 is 11.6 Å². The van der Waals surface area contributed by atoms with Gasteiger partial charge in [-0.3, -0.25) is 0 Å². The van der Waals surface area contributed by atoms with Crippen molar-refractivity contribution in [3.8, 4) is 0 Å². The van der Waals surface area contributed by atoms with Gasteiger partial charge in [-0.15, -0.1) is 11.6 Å². The van der Waals surface area contributed by atoms with Crippen LogP contribution >= 0.6 is 11.6 Å². The van der Waals surface area contributed by atoms with Gasteiger partial charge in [-0.2, -0.15) is 0 Å². The van der Waals surface area contributed by atoms with E-state index in [1.807, 2.05) is 31.2 Å². The van der Waals surface area contributed by atoms with Crippen molar-refractivity contribution in [3.63, 3.8) is 0 Å². The van der Waals surface area contributed by atoms with Gasteiger partial charge in [0.2, 0.25) is 0 Å². The summed E-state index contributed by atoms with van der Waals surface area (Å²) in [6, 6.07) is 0. The van der Waals surface area contributed by atoms with Crippen LogP contribution in [0.5, 0.6) is 0 Å². The first kappa shape index (κ1) is 13.2. The third-order valence-corrected chi connectivity index (χ3v) is 1.96. The molecule has 78 valence electrons. The molecule has 0 unspecified atom stereocenters. The summed E-state index contributed by atoms with van der Waals surface area (Å²) in [6.45, 7) is 5.95. The Labute approximate surface area is 92.7 Å². The van der Waals surface area contributed by atoms with Crippen LogP contribution in [0, 0.1) is 0 Å². The second-order valence-electron chi connectivity index (χ2n) is 3.07. The number of hydrogen-bond acceptors (Lipinski definition) is 0. The quantitative estimate of drug-likeness (QED) is 0.326. The molecule has 0 aromatic rings. The maximum Gasteiger partial charge on any atom is 0.0260 e. The molecule has 0 saturated heterocycles. The molecule has 0 aliphatic rings. The van der Waals surface area contributed by atoms with Crippen LogP contribution in [0.4, 0.5) is 0 Å². The number of alkyl halides is 1. The summed E-state index contributed by atoms with van der Waals surface area (Å²) in [5, 5.41) is 0. The molecule has 0 nitrogen and oxygen atoms in total. The fourth-order valence-electron chi connectivity index (χ4n) is 0.960. The molecular weight excluding hydrogens is 192 g/mol. The summed E-state index contributed by atoms with van der Waals surface area (Å²) in [4.78, 5) is 0. The van der Waals surface area contributed by atoms with Crippen LogP contribution in [0.3, 0.4) is 0 Å². The van der Waals surface area contributed by atoms with E-state index in [0.717, 1.165) is 19.3 Å². The number of hydrogen-bond donors (Lipinski definition) is 0. The smallest absolute Gasteiger partial charge is 0.0260 e. The molecule has 0 atom stereocenters. The predicted molar refractivity (Wildman–Crippen MR) is 66.8 cm³/mol. The second kappa shape index (κ2) is 10.3. The number of halogens is 1. The molecule has 1 heteroatoms. The average Bonchev–Trinajstić information content (AvgIpc) is 2.17. The molecule has 0 saturated carbocycles. The highest BCUT2D eigenvalue weighted by atomic mass is 35.5. The van der Waals surface area contributed by atoms with Crippen LogP contribution in [0.2, 0.25) is 0 Å². The molecule has 0 aliphatic carbocycles. The van der Waals surface area contributed by atoms with Crippen molar-refractivity contribution in [2.75, 3.05) is 5.88 Å². The molecule has 14 heavy (non-hydrogen) atoms. The minimum Gasteiger partial charge on any atom is -0.126 e. The van der Waals surface area contributed by atoms with Crippen LogP contribution < -0.4 is 0 Å². The first-order valence-corrected chi connectivity index (χ1v) is 5.51. The third-order valence-electron chi connectivity index (χ3n) is 1.77. The summed E-state index contributed by atoms with van der Waals surface area (Å²) >= 11 is 5.60. The first-order chi connectivity index (χ1) is 6.81. The van der Waals surface area contributed by atoms with Gasteiger partial charge in [0.25, 0.3) is 0 Å². The monoisotopic (exact) mass is 210 g/mol. The van der Waals surface area contributed by atoms with Gasteiger partial charge in [-0.05, 0) is 26.2 Å². The lowest BCUT2D eigenvalue weighted by molar-refractivity contribution is 0.918. The van der Waals surface area contributed by atoms with Gasteiger partial charge in [0.1, 0.15) is 0 Å². The summed E-state index contributed by atoms with van der Waals surface area (Å²) in [6.07, 6.45) is 15.3. The van der Waals surface area contributed by atoms with Gasteiger partial charge in [-0.25, -0.2) is 0 Å². The van der Waals surface area contributed by atoms with Gasteiger partial charge >= 0.3 is 0 Å². The summed E-state index contributed by atoms with van der Waals surface area (Å²) in [5.74, 6) is 0.684. The maximum atomic E-state index is 5.60. The third kappa shape index (κ3) is 9.34. The molecule has 0 amide bonds. The molecule has 0 aromatic carbocycles. The summed E-state index contributed by atoms with van der Waals surface area (Å²) in [5.41, 5.74) is 1.24. The van der Waals surface area contributed by atoms with E-state index >= 15 is 0 Å². The second-order valence-corrected chi connectivity index (χ2v) is 3.44. The lowest BCUT2D eigenvalue weighted by Gasteiger charge is -1.98. The van der Waals surface area contributed by atoms with Crippen molar-refractivity contribution < 1.29 is 0 Å². The molecule has 0 spiro atoms. The molecule has 0 fully saturated rings. The van der Waals surface area contributed by atoms with Gasteiger partial charge in [0.05, 0.1) is 0 Å². The Bertz CT molecular complexity index is 221. The number of rotatable bonds is 7. The average molecular weight is 211 g/mol. The van der Waals surface area contributed by atoms with E-state index in [1.54, 1.807) is 0 Å². The van der Waals surface area contributed by atoms with E-state index in [4.69, 9.17) is 11.6 Å². The molecule has 0 bridgehead atoms. The zero-order valence-electron chi connectivity index (χ0n) is 8.88. The SMILES string of the molecule is C=C(CCCl)CC/C=C/C=C\C=C/C. The zero-order chi connectivity index (χ0) is 10.6. The lowest BCUT2D eigenvalue weighted by Crippen LogP contribution is -1.81. The highest BCUT2D eigenvalue weighted by molar-refractivity contribution is 6.17. The fraction of sp³-hybridized carbons (Fsp3) is 0.385. The van der Waals surface area contributed by atoms with E-state index in [0.29, 0.717) is 5.88 Å². The minimum absolute atomic E-state index is 0.684. The van der Waals surface area contributed by atoms with Crippen molar-refractivity contribution in [1.29, 1.82) is 0 Å². The largest absolute Gasteiger partial charge is 0.126 e. The van der Waals surface area contributed by atoms with Crippen LogP contribution in [-0.4, -0.2) is 5.88 Å². The van der Waals surface area contributed by atoms with E-state index in [-0.39, 0.29) is 0 Å². The fourth-order valence-corrected chi connectivity index (χ4v) is 1.23. The maximum absolute atomic E-state index is 5.60. The Balaban J connectivity index is 3.48. The minimum atomic E-state index is 0.684. The van der Waals surface area contributed by atoms with Crippen LogP contribution in [0.25, 0.3) is 0 Å². The van der Waals surface area contributed by atoms with Crippen molar-refractivity contribution in [2.45, 2.75) is 26.2 Å². The molecule has 0 heterocycles. The van der Waals surface area contributed by atoms with Gasteiger partial charge in [0.15, 0.2) is 0 Å². The highest BCUT2D eigenvalue weighted by Gasteiger charge is 1.90. The molecule has 0 aromatic heterocycles. The van der Waals surface area contributed by atoms with Crippen LogP contribution in [0.1, 0.15) is 26.2 Å². The highest BCUT2D eigenvalue weighted by Crippen LogP contribution is 2.08. The van der Waals surface area contributed by atoms with Gasteiger partial charge < -0.3 is 0 Å². The summed E-state index contributed by atoms with van der Waals surface area (Å²) < 4.78 is 0. The standard InChI is InChI=1S/C13H19Cl/c1-3-4-5-6-7-8-9-10-13(2)11-12-14/h3-8H,2,9-12H2,1H3/b4-3-,6-5-,8-7+. The Morgan fingerprint density at radius 2 is 1.86 bits per heavy atom. The Morgan fingerprint density at radius 1 is 1.14 bits per heavy atom. The topological polar surface area (TPSA) is 0 Å². The van der Waals surface area contributed by atoms with Crippen LogP contribution in [0.15, 0.2) is 48.6 Å². The number of allylic oxidation sites excluding steroid dienone is 7. The van der Waals surface area contributed by atoms with E-state index in [1.165, 1.54) is 5.57 Å². The van der Waals surface area contributed by atoms with Crippen LogP contribution in [-0.2, 0) is 0 Å². The van der Waals surface area contributed by atoms with Gasteiger partial charge in [0, 0.05) is 5.88 Å². The van der Waals surface area contributed by atoms with E-state index < -0.39 is 0 Å². The van der Waals surface area contributed by atoms with Crippen molar-refractivity contribution in [2.24, 2.45) is 0 Å². The molecule has 0 rings (SSSR count). The molecule has 0 N–H and O–H groups in total. The lowest BCUT2D eigenvalue weighted by atomic mass is 10.1. The van der Waals surface area contributed by atoms with E-state index in [9.17, 15) is 0 Å². The molecule has 0 radical (unpaired) electrons. The van der Waals surface area contributed by atoms with E-state index in [2.05, 4.69) is 18.7 Å². The Morgan fingerprint density at radius 3 is 2.50 bits per heavy atom. The predicted octanol–water partition coefficient (Wildman–Crippen LogP) is 4.64.